The predicted octanol–water partition coefficient (Wildman–Crippen LogP) is 3.43. The number of carbonyl (C=O) groups excluding carboxylic acids is 1. The first-order valence-electron chi connectivity index (χ1n) is 7.16. The van der Waals surface area contributed by atoms with Crippen LogP contribution in [0, 0.1) is 0 Å². The van der Waals surface area contributed by atoms with Gasteiger partial charge in [0.15, 0.2) is 5.43 Å². The van der Waals surface area contributed by atoms with Crippen molar-refractivity contribution in [2.75, 3.05) is 11.9 Å². The molecule has 5 heteroatoms. The van der Waals surface area contributed by atoms with Gasteiger partial charge in [0, 0.05) is 34.9 Å². The molecule has 1 heterocycles. The standard InChI is InChI=1S/C18H15BrN2O2/c1-20(14-5-3-2-4-6-14)18(23)12-21-10-9-17(22)15-11-13(19)7-8-16(15)21/h2-11H,12H2,1H3. The summed E-state index contributed by atoms with van der Waals surface area (Å²) < 4.78 is 2.64. The van der Waals surface area contributed by atoms with Crippen LogP contribution in [0.2, 0.25) is 0 Å². The normalized spacial score (nSPS) is 10.7. The second kappa shape index (κ2) is 6.38. The molecule has 1 aromatic heterocycles. The molecule has 23 heavy (non-hydrogen) atoms. The van der Waals surface area contributed by atoms with Crippen molar-refractivity contribution in [1.82, 2.24) is 4.57 Å². The summed E-state index contributed by atoms with van der Waals surface area (Å²) in [6.45, 7) is 0.170. The van der Waals surface area contributed by atoms with Crippen molar-refractivity contribution in [3.63, 3.8) is 0 Å². The number of pyridine rings is 1. The highest BCUT2D eigenvalue weighted by Gasteiger charge is 2.12. The van der Waals surface area contributed by atoms with Crippen LogP contribution in [0.1, 0.15) is 0 Å². The average molecular weight is 371 g/mol. The summed E-state index contributed by atoms with van der Waals surface area (Å²) in [6.07, 6.45) is 1.66. The maximum Gasteiger partial charge on any atom is 0.246 e. The number of para-hydroxylation sites is 1. The lowest BCUT2D eigenvalue weighted by Crippen LogP contribution is -2.30. The Morgan fingerprint density at radius 1 is 1.13 bits per heavy atom. The summed E-state index contributed by atoms with van der Waals surface area (Å²) in [5.41, 5.74) is 1.53. The topological polar surface area (TPSA) is 42.3 Å². The number of hydrogen-bond acceptors (Lipinski definition) is 2. The van der Waals surface area contributed by atoms with E-state index in [9.17, 15) is 9.59 Å². The van der Waals surface area contributed by atoms with E-state index in [0.29, 0.717) is 5.39 Å². The average Bonchev–Trinajstić information content (AvgIpc) is 2.57. The summed E-state index contributed by atoms with van der Waals surface area (Å²) >= 11 is 3.37. The van der Waals surface area contributed by atoms with Crippen molar-refractivity contribution < 1.29 is 4.79 Å². The molecular formula is C18H15BrN2O2. The quantitative estimate of drug-likeness (QED) is 0.708. The summed E-state index contributed by atoms with van der Waals surface area (Å²) in [7, 11) is 1.75. The van der Waals surface area contributed by atoms with Crippen molar-refractivity contribution in [3.8, 4) is 0 Å². The minimum atomic E-state index is -0.0542. The second-order valence-electron chi connectivity index (χ2n) is 5.26. The van der Waals surface area contributed by atoms with E-state index >= 15 is 0 Å². The highest BCUT2D eigenvalue weighted by Crippen LogP contribution is 2.18. The zero-order valence-corrected chi connectivity index (χ0v) is 14.2. The molecule has 0 atom stereocenters. The fourth-order valence-electron chi connectivity index (χ4n) is 2.47. The van der Waals surface area contributed by atoms with Crippen LogP contribution in [0.15, 0.2) is 70.1 Å². The van der Waals surface area contributed by atoms with Crippen LogP contribution in [-0.4, -0.2) is 17.5 Å². The third kappa shape index (κ3) is 3.19. The maximum atomic E-state index is 12.5. The number of halogens is 1. The van der Waals surface area contributed by atoms with Crippen molar-refractivity contribution in [2.24, 2.45) is 0 Å². The van der Waals surface area contributed by atoms with Gasteiger partial charge >= 0.3 is 0 Å². The van der Waals surface area contributed by atoms with E-state index in [1.165, 1.54) is 6.07 Å². The molecule has 0 radical (unpaired) electrons. The van der Waals surface area contributed by atoms with Gasteiger partial charge < -0.3 is 9.47 Å². The van der Waals surface area contributed by atoms with Crippen LogP contribution in [0.5, 0.6) is 0 Å². The van der Waals surface area contributed by atoms with Crippen molar-refractivity contribution in [3.05, 3.63) is 75.5 Å². The molecule has 4 nitrogen and oxygen atoms in total. The van der Waals surface area contributed by atoms with Gasteiger partial charge in [-0.2, -0.15) is 0 Å². The Morgan fingerprint density at radius 2 is 1.87 bits per heavy atom. The lowest BCUT2D eigenvalue weighted by atomic mass is 10.2. The molecule has 0 saturated carbocycles. The van der Waals surface area contributed by atoms with Crippen molar-refractivity contribution >= 4 is 38.4 Å². The Hall–Kier alpha value is -2.40. The van der Waals surface area contributed by atoms with E-state index in [1.54, 1.807) is 28.8 Å². The van der Waals surface area contributed by atoms with Gasteiger partial charge in [-0.05, 0) is 30.3 Å². The number of carbonyl (C=O) groups is 1. The largest absolute Gasteiger partial charge is 0.338 e. The van der Waals surface area contributed by atoms with Gasteiger partial charge in [-0.3, -0.25) is 9.59 Å². The fourth-order valence-corrected chi connectivity index (χ4v) is 2.83. The highest BCUT2D eigenvalue weighted by molar-refractivity contribution is 9.10. The Labute approximate surface area is 142 Å². The molecule has 0 N–H and O–H groups in total. The van der Waals surface area contributed by atoms with Crippen LogP contribution in [0.4, 0.5) is 5.69 Å². The molecule has 0 aliphatic carbocycles. The molecule has 0 aliphatic heterocycles. The third-order valence-corrected chi connectivity index (χ3v) is 4.26. The Kier molecular flexibility index (Phi) is 4.30. The molecule has 0 spiro atoms. The molecule has 0 unspecified atom stereocenters. The fraction of sp³-hybridized carbons (Fsp3) is 0.111. The molecule has 3 rings (SSSR count). The summed E-state index contributed by atoms with van der Waals surface area (Å²) in [6, 6.07) is 16.5. The zero-order chi connectivity index (χ0) is 16.4. The van der Waals surface area contributed by atoms with Gasteiger partial charge in [0.1, 0.15) is 6.54 Å². The van der Waals surface area contributed by atoms with Crippen LogP contribution < -0.4 is 10.3 Å². The Balaban J connectivity index is 1.94. The number of aromatic nitrogens is 1. The molecule has 116 valence electrons. The minimum Gasteiger partial charge on any atom is -0.338 e. The Morgan fingerprint density at radius 3 is 2.61 bits per heavy atom. The van der Waals surface area contributed by atoms with E-state index in [4.69, 9.17) is 0 Å². The molecule has 1 amide bonds. The summed E-state index contributed by atoms with van der Waals surface area (Å²) in [5, 5.41) is 0.594. The van der Waals surface area contributed by atoms with Gasteiger partial charge in [-0.25, -0.2) is 0 Å². The summed E-state index contributed by atoms with van der Waals surface area (Å²) in [4.78, 5) is 26.1. The molecule has 0 saturated heterocycles. The van der Waals surface area contributed by atoms with Crippen LogP contribution in [-0.2, 0) is 11.3 Å². The second-order valence-corrected chi connectivity index (χ2v) is 6.17. The molecule has 0 aliphatic rings. The smallest absolute Gasteiger partial charge is 0.246 e. The zero-order valence-electron chi connectivity index (χ0n) is 12.6. The Bertz CT molecular complexity index is 919. The van der Waals surface area contributed by atoms with E-state index in [0.717, 1.165) is 15.7 Å². The van der Waals surface area contributed by atoms with Gasteiger partial charge in [-0.15, -0.1) is 0 Å². The molecule has 3 aromatic rings. The number of hydrogen-bond donors (Lipinski definition) is 0. The number of nitrogens with zero attached hydrogens (tertiary/aromatic N) is 2. The van der Waals surface area contributed by atoms with Gasteiger partial charge in [0.05, 0.1) is 5.52 Å². The van der Waals surface area contributed by atoms with Crippen molar-refractivity contribution in [1.29, 1.82) is 0 Å². The minimum absolute atomic E-state index is 0.0518. The summed E-state index contributed by atoms with van der Waals surface area (Å²) in [5.74, 6) is -0.0518. The van der Waals surface area contributed by atoms with E-state index in [1.807, 2.05) is 42.5 Å². The van der Waals surface area contributed by atoms with Crippen LogP contribution in [0.25, 0.3) is 10.9 Å². The van der Waals surface area contributed by atoms with Gasteiger partial charge in [0.25, 0.3) is 0 Å². The first-order valence-corrected chi connectivity index (χ1v) is 7.96. The first-order chi connectivity index (χ1) is 11.1. The number of anilines is 1. The number of rotatable bonds is 3. The monoisotopic (exact) mass is 370 g/mol. The number of fused-ring (bicyclic) bond motifs is 1. The molecule has 0 fully saturated rings. The number of amides is 1. The number of likely N-dealkylation sites (N-methyl/N-ethyl adjacent to an activating group) is 1. The van der Waals surface area contributed by atoms with Crippen molar-refractivity contribution in [2.45, 2.75) is 6.54 Å². The van der Waals surface area contributed by atoms with Crippen LogP contribution in [0.3, 0.4) is 0 Å². The maximum absolute atomic E-state index is 12.5. The first kappa shape index (κ1) is 15.5. The lowest BCUT2D eigenvalue weighted by molar-refractivity contribution is -0.118. The third-order valence-electron chi connectivity index (χ3n) is 3.76. The highest BCUT2D eigenvalue weighted by atomic mass is 79.9. The van der Waals surface area contributed by atoms with Gasteiger partial charge in [-0.1, -0.05) is 34.1 Å². The van der Waals surface area contributed by atoms with Gasteiger partial charge in [0.2, 0.25) is 5.91 Å². The van der Waals surface area contributed by atoms with E-state index in [-0.39, 0.29) is 17.9 Å². The predicted molar refractivity (Wildman–Crippen MR) is 95.8 cm³/mol. The molecular weight excluding hydrogens is 356 g/mol. The van der Waals surface area contributed by atoms with E-state index in [2.05, 4.69) is 15.9 Å². The lowest BCUT2D eigenvalue weighted by Gasteiger charge is -2.19. The van der Waals surface area contributed by atoms with Crippen LogP contribution >= 0.6 is 15.9 Å². The molecule has 2 aromatic carbocycles. The number of benzene rings is 2. The SMILES string of the molecule is CN(C(=O)Cn1ccc(=O)c2cc(Br)ccc21)c1ccccc1. The molecule has 0 bridgehead atoms. The van der Waals surface area contributed by atoms with E-state index < -0.39 is 0 Å².